The number of hydrogen-bond donors (Lipinski definition) is 1. The summed E-state index contributed by atoms with van der Waals surface area (Å²) in [6.07, 6.45) is 5.12. The predicted molar refractivity (Wildman–Crippen MR) is 108 cm³/mol. The topological polar surface area (TPSA) is 77.1 Å². The number of benzene rings is 1. The smallest absolute Gasteiger partial charge is 0.157 e. The van der Waals surface area contributed by atoms with Gasteiger partial charge in [0.2, 0.25) is 0 Å². The van der Waals surface area contributed by atoms with Gasteiger partial charge in [-0.05, 0) is 31.2 Å². The van der Waals surface area contributed by atoms with Crippen molar-refractivity contribution in [3.8, 4) is 11.1 Å². The molecular formula is C20H21FN6O. The van der Waals surface area contributed by atoms with Gasteiger partial charge in [0.1, 0.15) is 18.4 Å². The van der Waals surface area contributed by atoms with E-state index in [-0.39, 0.29) is 5.82 Å². The lowest BCUT2D eigenvalue weighted by Crippen LogP contribution is -2.01. The quantitative estimate of drug-likeness (QED) is 0.545. The number of nitrogens with zero attached hydrogens (tertiary/aromatic N) is 5. The van der Waals surface area contributed by atoms with E-state index in [1.165, 1.54) is 6.07 Å². The highest BCUT2D eigenvalue weighted by atomic mass is 19.1. The minimum absolute atomic E-state index is 0.310. The molecule has 0 spiro atoms. The molecule has 0 aliphatic carbocycles. The Hall–Kier alpha value is -3.81. The Balaban J connectivity index is 0.000000660. The number of carbonyl (C=O) groups excluding carboxylic acids is 1. The molecule has 0 fully saturated rings. The summed E-state index contributed by atoms with van der Waals surface area (Å²) in [6, 6.07) is 8.71. The maximum absolute atomic E-state index is 14.5. The highest BCUT2D eigenvalue weighted by Crippen LogP contribution is 2.26. The van der Waals surface area contributed by atoms with E-state index in [0.29, 0.717) is 11.3 Å². The summed E-state index contributed by atoms with van der Waals surface area (Å²) >= 11 is 0. The lowest BCUT2D eigenvalue weighted by atomic mass is 10.1. The Morgan fingerprint density at radius 3 is 2.54 bits per heavy atom. The van der Waals surface area contributed by atoms with Gasteiger partial charge in [0.25, 0.3) is 0 Å². The second-order valence-electron chi connectivity index (χ2n) is 5.61. The zero-order valence-corrected chi connectivity index (χ0v) is 15.8. The molecule has 1 N–H and O–H groups in total. The summed E-state index contributed by atoms with van der Waals surface area (Å²) in [7, 11) is 1.80. The van der Waals surface area contributed by atoms with Gasteiger partial charge in [0.05, 0.1) is 11.9 Å². The van der Waals surface area contributed by atoms with E-state index >= 15 is 0 Å². The zero-order chi connectivity index (χ0) is 20.7. The highest BCUT2D eigenvalue weighted by molar-refractivity contribution is 5.68. The molecule has 0 amide bonds. The molecule has 0 unspecified atom stereocenters. The molecule has 0 aliphatic rings. The molecule has 0 saturated carbocycles. The molecule has 1 aromatic carbocycles. The van der Waals surface area contributed by atoms with Gasteiger partial charge in [-0.2, -0.15) is 14.7 Å². The van der Waals surface area contributed by atoms with Crippen LogP contribution in [0.5, 0.6) is 0 Å². The van der Waals surface area contributed by atoms with Crippen molar-refractivity contribution in [1.82, 2.24) is 24.4 Å². The lowest BCUT2D eigenvalue weighted by molar-refractivity contribution is -0.0979. The summed E-state index contributed by atoms with van der Waals surface area (Å²) in [6.45, 7) is 9.90. The van der Waals surface area contributed by atoms with Gasteiger partial charge in [-0.25, -0.2) is 9.37 Å². The maximum atomic E-state index is 14.5. The monoisotopic (exact) mass is 380 g/mol. The van der Waals surface area contributed by atoms with Gasteiger partial charge in [-0.1, -0.05) is 0 Å². The van der Waals surface area contributed by atoms with Gasteiger partial charge in [0.15, 0.2) is 5.65 Å². The van der Waals surface area contributed by atoms with Crippen molar-refractivity contribution >= 4 is 23.9 Å². The minimum Gasteiger partial charge on any atom is -0.340 e. The summed E-state index contributed by atoms with van der Waals surface area (Å²) in [4.78, 5) is 12.3. The Morgan fingerprint density at radius 2 is 1.89 bits per heavy atom. The molecule has 28 heavy (non-hydrogen) atoms. The van der Waals surface area contributed by atoms with Crippen LogP contribution in [0.3, 0.4) is 0 Å². The molecule has 4 aromatic rings. The van der Waals surface area contributed by atoms with E-state index in [9.17, 15) is 4.39 Å². The molecule has 4 rings (SSSR count). The molecular weight excluding hydrogens is 359 g/mol. The summed E-state index contributed by atoms with van der Waals surface area (Å²) in [5.74, 6) is 0.413. The van der Waals surface area contributed by atoms with Crippen LogP contribution in [0.25, 0.3) is 16.8 Å². The van der Waals surface area contributed by atoms with Gasteiger partial charge >= 0.3 is 0 Å². The Labute approximate surface area is 162 Å². The molecule has 0 radical (unpaired) electrons. The van der Waals surface area contributed by atoms with Crippen LogP contribution in [0.2, 0.25) is 0 Å². The molecule has 0 bridgehead atoms. The number of carbonyl (C=O) groups is 1. The van der Waals surface area contributed by atoms with Crippen molar-refractivity contribution in [3.05, 3.63) is 73.6 Å². The highest BCUT2D eigenvalue weighted by Gasteiger charge is 2.10. The van der Waals surface area contributed by atoms with Crippen molar-refractivity contribution < 1.29 is 9.18 Å². The van der Waals surface area contributed by atoms with Gasteiger partial charge < -0.3 is 10.1 Å². The number of halogens is 1. The molecule has 3 heterocycles. The van der Waals surface area contributed by atoms with Crippen LogP contribution >= 0.6 is 0 Å². The number of nitrogens with one attached hydrogen (secondary N) is 1. The first-order chi connectivity index (χ1) is 13.6. The maximum Gasteiger partial charge on any atom is 0.157 e. The molecule has 144 valence electrons. The average molecular weight is 380 g/mol. The van der Waals surface area contributed by atoms with Gasteiger partial charge in [-0.3, -0.25) is 4.68 Å². The van der Waals surface area contributed by atoms with Crippen LogP contribution in [0, 0.1) is 12.7 Å². The Morgan fingerprint density at radius 1 is 1.14 bits per heavy atom. The van der Waals surface area contributed by atoms with E-state index < -0.39 is 0 Å². The summed E-state index contributed by atoms with van der Waals surface area (Å²) in [5.41, 5.74) is 3.51. The molecule has 0 aliphatic heterocycles. The predicted octanol–water partition coefficient (Wildman–Crippen LogP) is 3.94. The number of fused-ring (bicyclic) bond motifs is 1. The second-order valence-corrected chi connectivity index (χ2v) is 5.61. The van der Waals surface area contributed by atoms with E-state index in [2.05, 4.69) is 33.7 Å². The number of anilines is 2. The van der Waals surface area contributed by atoms with E-state index in [1.54, 1.807) is 47.0 Å². The number of aryl methyl sites for hydroxylation is 2. The van der Waals surface area contributed by atoms with Gasteiger partial charge in [-0.15, -0.1) is 13.2 Å². The number of hydrogen-bond acceptors (Lipinski definition) is 5. The first kappa shape index (κ1) is 20.5. The van der Waals surface area contributed by atoms with E-state index in [0.717, 1.165) is 22.7 Å². The second kappa shape index (κ2) is 9.22. The number of rotatable bonds is 3. The Bertz CT molecular complexity index is 1070. The molecule has 7 nitrogen and oxygen atoms in total. The lowest BCUT2D eigenvalue weighted by Gasteiger charge is -2.09. The van der Waals surface area contributed by atoms with Crippen molar-refractivity contribution in [3.63, 3.8) is 0 Å². The van der Waals surface area contributed by atoms with Crippen molar-refractivity contribution in [2.45, 2.75) is 6.92 Å². The standard InChI is InChI=1S/C17H15FN6.C2H4.CH2O/c1-11-7-17-19-6-5-16(24(17)22-11)21-13-3-4-14(15(18)8-13)12-9-20-23(2)10-12;2*1-2/h3-10,21H,1-2H3;1-2H2;1H2. The van der Waals surface area contributed by atoms with Crippen LogP contribution in [0.15, 0.2) is 62.1 Å². The normalized spacial score (nSPS) is 9.82. The molecule has 3 aromatic heterocycles. The average Bonchev–Trinajstić information content (AvgIpc) is 3.30. The van der Waals surface area contributed by atoms with E-state index in [1.807, 2.05) is 25.8 Å². The first-order valence-corrected chi connectivity index (χ1v) is 8.26. The van der Waals surface area contributed by atoms with Crippen molar-refractivity contribution in [1.29, 1.82) is 0 Å². The fraction of sp³-hybridized carbons (Fsp3) is 0.100. The Kier molecular flexibility index (Phi) is 6.75. The van der Waals surface area contributed by atoms with E-state index in [4.69, 9.17) is 4.79 Å². The third-order valence-electron chi connectivity index (χ3n) is 3.74. The molecule has 8 heteroatoms. The fourth-order valence-electron chi connectivity index (χ4n) is 2.64. The fourth-order valence-corrected chi connectivity index (χ4v) is 2.64. The first-order valence-electron chi connectivity index (χ1n) is 8.26. The summed E-state index contributed by atoms with van der Waals surface area (Å²) in [5, 5.41) is 11.6. The van der Waals surface area contributed by atoms with Crippen LogP contribution in [-0.4, -0.2) is 31.2 Å². The molecule has 0 saturated heterocycles. The van der Waals surface area contributed by atoms with Crippen LogP contribution < -0.4 is 5.32 Å². The largest absolute Gasteiger partial charge is 0.340 e. The zero-order valence-electron chi connectivity index (χ0n) is 15.8. The van der Waals surface area contributed by atoms with Crippen LogP contribution in [-0.2, 0) is 11.8 Å². The van der Waals surface area contributed by atoms with Crippen LogP contribution in [0.4, 0.5) is 15.9 Å². The SMILES string of the molecule is C=C.C=O.Cc1cc2nccc(Nc3ccc(-c4cnn(C)c4)c(F)c3)n2n1. The molecule has 0 atom stereocenters. The van der Waals surface area contributed by atoms with Gasteiger partial charge in [0, 0.05) is 42.3 Å². The van der Waals surface area contributed by atoms with Crippen molar-refractivity contribution in [2.24, 2.45) is 7.05 Å². The van der Waals surface area contributed by atoms with Crippen molar-refractivity contribution in [2.75, 3.05) is 5.32 Å². The summed E-state index contributed by atoms with van der Waals surface area (Å²) < 4.78 is 17.8. The van der Waals surface area contributed by atoms with Crippen LogP contribution in [0.1, 0.15) is 5.69 Å². The third-order valence-corrected chi connectivity index (χ3v) is 3.74. The number of aromatic nitrogens is 5. The minimum atomic E-state index is -0.310. The third kappa shape index (κ3) is 4.29.